The average Bonchev–Trinajstić information content (AvgIpc) is 2.28. The van der Waals surface area contributed by atoms with Gasteiger partial charge in [-0.15, -0.1) is 0 Å². The van der Waals surface area contributed by atoms with E-state index in [9.17, 15) is 14.4 Å². The lowest BCUT2D eigenvalue weighted by atomic mass is 10.1. The van der Waals surface area contributed by atoms with Crippen LogP contribution in [0.1, 0.15) is 23.7 Å². The highest BCUT2D eigenvalue weighted by atomic mass is 16.4. The Kier molecular flexibility index (Phi) is 4.37. The van der Waals surface area contributed by atoms with Gasteiger partial charge in [-0.2, -0.15) is 0 Å². The number of hydrogen-bond donors (Lipinski definition) is 2. The Morgan fingerprint density at radius 3 is 2.56 bits per heavy atom. The molecule has 0 saturated heterocycles. The Hall–Kier alpha value is -2.43. The van der Waals surface area contributed by atoms with Crippen LogP contribution in [0.4, 0.5) is 5.69 Å². The molecule has 94 valence electrons. The number of aliphatic carboxylic acids is 1. The molecule has 0 bridgehead atoms. The average molecular weight is 247 g/mol. The van der Waals surface area contributed by atoms with Gasteiger partial charge >= 0.3 is 5.97 Å². The van der Waals surface area contributed by atoms with Crippen LogP contribution in [0.25, 0.3) is 0 Å². The fourth-order valence-corrected chi connectivity index (χ4v) is 1.29. The molecule has 0 aromatic heterocycles. The first-order chi connectivity index (χ1) is 8.40. The normalized spacial score (nSPS) is 9.61. The zero-order valence-corrected chi connectivity index (χ0v) is 9.90. The van der Waals surface area contributed by atoms with E-state index in [0.29, 0.717) is 11.3 Å². The Morgan fingerprint density at radius 2 is 2.00 bits per heavy atom. The van der Waals surface area contributed by atoms with E-state index in [4.69, 9.17) is 5.11 Å². The van der Waals surface area contributed by atoms with Crippen LogP contribution in [0.15, 0.2) is 36.4 Å². The van der Waals surface area contributed by atoms with E-state index in [1.165, 1.54) is 13.0 Å². The van der Waals surface area contributed by atoms with Gasteiger partial charge in [-0.3, -0.25) is 9.59 Å². The molecule has 0 radical (unpaired) electrons. The SMILES string of the molecule is C=C(CC(=O)Nc1cccc(C(C)=O)c1)C(=O)O. The lowest BCUT2D eigenvalue weighted by Gasteiger charge is -2.06. The van der Waals surface area contributed by atoms with Crippen LogP contribution < -0.4 is 5.32 Å². The molecule has 0 atom stereocenters. The van der Waals surface area contributed by atoms with Crippen molar-refractivity contribution in [3.05, 3.63) is 42.0 Å². The largest absolute Gasteiger partial charge is 0.478 e. The number of carbonyl (C=O) groups is 3. The first-order valence-corrected chi connectivity index (χ1v) is 5.22. The highest BCUT2D eigenvalue weighted by Gasteiger charge is 2.10. The van der Waals surface area contributed by atoms with E-state index in [1.807, 2.05) is 0 Å². The quantitative estimate of drug-likeness (QED) is 0.614. The Balaban J connectivity index is 2.70. The number of carbonyl (C=O) groups excluding carboxylic acids is 2. The van der Waals surface area contributed by atoms with Crippen molar-refractivity contribution in [1.82, 2.24) is 0 Å². The fourth-order valence-electron chi connectivity index (χ4n) is 1.29. The van der Waals surface area contributed by atoms with Crippen molar-refractivity contribution in [2.24, 2.45) is 0 Å². The van der Waals surface area contributed by atoms with Gasteiger partial charge in [-0.05, 0) is 19.1 Å². The molecule has 1 amide bonds. The van der Waals surface area contributed by atoms with E-state index >= 15 is 0 Å². The third-order valence-corrected chi connectivity index (χ3v) is 2.23. The van der Waals surface area contributed by atoms with Gasteiger partial charge in [0.25, 0.3) is 0 Å². The van der Waals surface area contributed by atoms with Crippen LogP contribution in [-0.4, -0.2) is 22.8 Å². The summed E-state index contributed by atoms with van der Waals surface area (Å²) in [7, 11) is 0. The van der Waals surface area contributed by atoms with Gasteiger partial charge in [0, 0.05) is 16.8 Å². The van der Waals surface area contributed by atoms with Crippen molar-refractivity contribution >= 4 is 23.3 Å². The van der Waals surface area contributed by atoms with Crippen LogP contribution in [0, 0.1) is 0 Å². The number of anilines is 1. The summed E-state index contributed by atoms with van der Waals surface area (Å²) in [6.45, 7) is 4.69. The van der Waals surface area contributed by atoms with Gasteiger partial charge < -0.3 is 10.4 Å². The van der Waals surface area contributed by atoms with Crippen LogP contribution in [0.5, 0.6) is 0 Å². The summed E-state index contributed by atoms with van der Waals surface area (Å²) >= 11 is 0. The van der Waals surface area contributed by atoms with E-state index in [0.717, 1.165) is 0 Å². The maximum atomic E-state index is 11.5. The minimum Gasteiger partial charge on any atom is -0.478 e. The smallest absolute Gasteiger partial charge is 0.331 e. The number of ketones is 1. The summed E-state index contributed by atoms with van der Waals surface area (Å²) in [5.74, 6) is -1.80. The summed E-state index contributed by atoms with van der Waals surface area (Å²) < 4.78 is 0. The molecule has 1 aromatic carbocycles. The van der Waals surface area contributed by atoms with Gasteiger partial charge in [0.15, 0.2) is 5.78 Å². The summed E-state index contributed by atoms with van der Waals surface area (Å²) in [6.07, 6.45) is -0.292. The van der Waals surface area contributed by atoms with Crippen LogP contribution in [0.2, 0.25) is 0 Å². The lowest BCUT2D eigenvalue weighted by Crippen LogP contribution is -2.15. The summed E-state index contributed by atoms with van der Waals surface area (Å²) in [4.78, 5) is 33.1. The number of Topliss-reactive ketones (excluding diaryl/α,β-unsaturated/α-hetero) is 1. The fraction of sp³-hybridized carbons (Fsp3) is 0.154. The molecular formula is C13H13NO4. The molecule has 0 aliphatic heterocycles. The Morgan fingerprint density at radius 1 is 1.33 bits per heavy atom. The second-order valence-corrected chi connectivity index (χ2v) is 3.77. The van der Waals surface area contributed by atoms with Crippen molar-refractivity contribution in [3.63, 3.8) is 0 Å². The van der Waals surface area contributed by atoms with Crippen LogP contribution >= 0.6 is 0 Å². The standard InChI is InChI=1S/C13H13NO4/c1-8(13(17)18)6-12(16)14-11-5-3-4-10(7-11)9(2)15/h3-5,7H,1,6H2,2H3,(H,14,16)(H,17,18). The Labute approximate surface area is 104 Å². The van der Waals surface area contributed by atoms with E-state index in [2.05, 4.69) is 11.9 Å². The molecule has 1 rings (SSSR count). The maximum Gasteiger partial charge on any atom is 0.331 e. The van der Waals surface area contributed by atoms with Crippen molar-refractivity contribution in [1.29, 1.82) is 0 Å². The third kappa shape index (κ3) is 3.86. The minimum absolute atomic E-state index is 0.110. The molecule has 0 saturated carbocycles. The second kappa shape index (κ2) is 5.77. The number of benzene rings is 1. The number of hydrogen-bond acceptors (Lipinski definition) is 3. The molecule has 0 spiro atoms. The summed E-state index contributed by atoms with van der Waals surface area (Å²) in [5.41, 5.74) is 0.742. The van der Waals surface area contributed by atoms with Gasteiger partial charge in [0.05, 0.1) is 6.42 Å². The number of rotatable bonds is 5. The molecule has 0 fully saturated rings. The van der Waals surface area contributed by atoms with Gasteiger partial charge in [0.1, 0.15) is 0 Å². The van der Waals surface area contributed by atoms with Crippen molar-refractivity contribution in [2.75, 3.05) is 5.32 Å². The number of amides is 1. The van der Waals surface area contributed by atoms with Gasteiger partial charge in [-0.1, -0.05) is 18.7 Å². The molecular weight excluding hydrogens is 234 g/mol. The van der Waals surface area contributed by atoms with Crippen molar-refractivity contribution in [3.8, 4) is 0 Å². The maximum absolute atomic E-state index is 11.5. The first-order valence-electron chi connectivity index (χ1n) is 5.22. The molecule has 5 heteroatoms. The number of carboxylic acid groups (broad SMARTS) is 1. The number of carboxylic acids is 1. The Bertz CT molecular complexity index is 519. The highest BCUT2D eigenvalue weighted by Crippen LogP contribution is 2.12. The molecule has 1 aromatic rings. The molecule has 0 aliphatic rings. The molecule has 0 aliphatic carbocycles. The summed E-state index contributed by atoms with van der Waals surface area (Å²) in [5, 5.41) is 11.1. The topological polar surface area (TPSA) is 83.5 Å². The van der Waals surface area contributed by atoms with E-state index in [1.54, 1.807) is 18.2 Å². The zero-order valence-electron chi connectivity index (χ0n) is 9.90. The first kappa shape index (κ1) is 13.6. The third-order valence-electron chi connectivity index (χ3n) is 2.23. The molecule has 0 unspecified atom stereocenters. The van der Waals surface area contributed by atoms with Crippen molar-refractivity contribution in [2.45, 2.75) is 13.3 Å². The highest BCUT2D eigenvalue weighted by molar-refractivity contribution is 6.00. The monoisotopic (exact) mass is 247 g/mol. The van der Waals surface area contributed by atoms with Gasteiger partial charge in [0.2, 0.25) is 5.91 Å². The van der Waals surface area contributed by atoms with Crippen LogP contribution in [-0.2, 0) is 9.59 Å². The van der Waals surface area contributed by atoms with E-state index in [-0.39, 0.29) is 17.8 Å². The van der Waals surface area contributed by atoms with Crippen LogP contribution in [0.3, 0.4) is 0 Å². The molecule has 5 nitrogen and oxygen atoms in total. The molecule has 0 heterocycles. The van der Waals surface area contributed by atoms with E-state index < -0.39 is 11.9 Å². The zero-order chi connectivity index (χ0) is 13.7. The predicted octanol–water partition coefficient (Wildman–Crippen LogP) is 1.86. The van der Waals surface area contributed by atoms with Crippen molar-refractivity contribution < 1.29 is 19.5 Å². The number of nitrogens with one attached hydrogen (secondary N) is 1. The molecule has 18 heavy (non-hydrogen) atoms. The predicted molar refractivity (Wildman–Crippen MR) is 66.5 cm³/mol. The van der Waals surface area contributed by atoms with Gasteiger partial charge in [-0.25, -0.2) is 4.79 Å². The minimum atomic E-state index is -1.21. The second-order valence-electron chi connectivity index (χ2n) is 3.77. The molecule has 2 N–H and O–H groups in total. The summed E-state index contributed by atoms with van der Waals surface area (Å²) in [6, 6.07) is 6.42. The lowest BCUT2D eigenvalue weighted by molar-refractivity contribution is -0.133.